The van der Waals surface area contributed by atoms with Crippen LogP contribution < -0.4 is 15.4 Å². The molecule has 1 fully saturated rings. The molecule has 2 N–H and O–H groups in total. The Morgan fingerprint density at radius 2 is 1.71 bits per heavy atom. The number of hydrogen-bond donors (Lipinski definition) is 2. The quantitative estimate of drug-likeness (QED) is 0.0471. The zero-order valence-corrected chi connectivity index (χ0v) is 35.0. The van der Waals surface area contributed by atoms with Gasteiger partial charge in [-0.25, -0.2) is 18.8 Å². The number of fused-ring (bicyclic) bond motifs is 1. The second-order valence-electron chi connectivity index (χ2n) is 14.8. The topological polar surface area (TPSA) is 184 Å². The van der Waals surface area contributed by atoms with Crippen molar-refractivity contribution in [1.82, 2.24) is 15.5 Å². The van der Waals surface area contributed by atoms with Gasteiger partial charge in [0.05, 0.1) is 7.11 Å². The number of halogens is 1. The SMILES string of the molecule is COc1ccc(COC(=O)C2=C(/C=C\CCl)CSC3[C@H](NC(=O)/C(=N\OC(C)(C)C(=O)OC(C)(C)C)C4=NSC(NC(=O)OC(C)(C)C)=CC=C4)C(=O)N23)cc1. The molecule has 3 amide bonds. The number of ether oxygens (including phenoxy) is 4. The normalized spacial score (nSPS) is 18.9. The predicted octanol–water partition coefficient (Wildman–Crippen LogP) is 5.71. The molecule has 15 nitrogen and oxygen atoms in total. The van der Waals surface area contributed by atoms with Crippen LogP contribution >= 0.6 is 35.3 Å². The molecule has 1 aromatic rings. The van der Waals surface area contributed by atoms with Crippen LogP contribution in [0.25, 0.3) is 0 Å². The molecule has 0 radical (unpaired) electrons. The number of β-lactam (4-membered cyclic amide) rings is 1. The Bertz CT molecular complexity index is 1890. The number of rotatable bonds is 13. The summed E-state index contributed by atoms with van der Waals surface area (Å²) in [6.07, 6.45) is 7.11. The van der Waals surface area contributed by atoms with Crippen molar-refractivity contribution in [3.8, 4) is 5.75 Å². The van der Waals surface area contributed by atoms with E-state index in [1.807, 2.05) is 0 Å². The smallest absolute Gasteiger partial charge is 0.412 e. The number of esters is 2. The molecular formula is C38H46ClN5O10S2. The van der Waals surface area contributed by atoms with Crippen molar-refractivity contribution in [2.45, 2.75) is 90.2 Å². The summed E-state index contributed by atoms with van der Waals surface area (Å²) >= 11 is 8.04. The van der Waals surface area contributed by atoms with Crippen LogP contribution in [0.5, 0.6) is 5.75 Å². The molecule has 3 aliphatic rings. The second-order valence-corrected chi connectivity index (χ2v) is 17.1. The minimum Gasteiger partial charge on any atom is -0.497 e. The number of oxime groups is 1. The zero-order chi connectivity index (χ0) is 41.4. The first kappa shape index (κ1) is 44.0. The van der Waals surface area contributed by atoms with Gasteiger partial charge in [-0.05, 0) is 90.8 Å². The van der Waals surface area contributed by atoms with Crippen LogP contribution in [0.1, 0.15) is 61.0 Å². The van der Waals surface area contributed by atoms with E-state index >= 15 is 0 Å². The fraction of sp³-hybridized carbons (Fsp3) is 0.447. The number of nitrogens with zero attached hydrogens (tertiary/aromatic N) is 3. The van der Waals surface area contributed by atoms with E-state index in [9.17, 15) is 24.0 Å². The molecule has 0 aromatic heterocycles. The molecule has 0 saturated carbocycles. The van der Waals surface area contributed by atoms with Gasteiger partial charge in [0.1, 0.15) is 51.4 Å². The van der Waals surface area contributed by atoms with E-state index in [0.29, 0.717) is 22.6 Å². The molecule has 1 saturated heterocycles. The van der Waals surface area contributed by atoms with Gasteiger partial charge in [-0.2, -0.15) is 0 Å². The lowest BCUT2D eigenvalue weighted by molar-refractivity contribution is -0.179. The summed E-state index contributed by atoms with van der Waals surface area (Å²) in [4.78, 5) is 73.7. The van der Waals surface area contributed by atoms with Crippen molar-refractivity contribution in [2.75, 3.05) is 18.7 Å². The van der Waals surface area contributed by atoms with E-state index in [2.05, 4.69) is 20.2 Å². The van der Waals surface area contributed by atoms with Crippen molar-refractivity contribution in [3.63, 3.8) is 0 Å². The summed E-state index contributed by atoms with van der Waals surface area (Å²) in [6.45, 7) is 13.0. The number of carbonyl (C=O) groups is 5. The lowest BCUT2D eigenvalue weighted by Crippen LogP contribution is -2.71. The number of thioether (sulfide) groups is 1. The molecule has 1 unspecified atom stereocenters. The lowest BCUT2D eigenvalue weighted by Gasteiger charge is -2.49. The van der Waals surface area contributed by atoms with Crippen LogP contribution in [0.4, 0.5) is 4.79 Å². The van der Waals surface area contributed by atoms with E-state index in [-0.39, 0.29) is 34.6 Å². The number of nitrogens with one attached hydrogen (secondary N) is 2. The van der Waals surface area contributed by atoms with Crippen LogP contribution in [-0.4, -0.2) is 93.1 Å². The highest BCUT2D eigenvalue weighted by Crippen LogP contribution is 2.41. The van der Waals surface area contributed by atoms with E-state index in [4.69, 9.17) is 35.4 Å². The largest absolute Gasteiger partial charge is 0.497 e. The molecule has 3 heterocycles. The van der Waals surface area contributed by atoms with Gasteiger partial charge in [-0.3, -0.25) is 19.8 Å². The van der Waals surface area contributed by atoms with Gasteiger partial charge < -0.3 is 29.1 Å². The number of carbonyl (C=O) groups excluding carboxylic acids is 5. The monoisotopic (exact) mass is 831 g/mol. The number of allylic oxidation sites excluding steroid dienone is 5. The van der Waals surface area contributed by atoms with Crippen molar-refractivity contribution < 1.29 is 47.8 Å². The van der Waals surface area contributed by atoms with Crippen molar-refractivity contribution >= 4 is 76.6 Å². The van der Waals surface area contributed by atoms with Crippen LogP contribution in [0.3, 0.4) is 0 Å². The molecule has 302 valence electrons. The number of benzene rings is 1. The first-order chi connectivity index (χ1) is 26.2. The van der Waals surface area contributed by atoms with Crippen molar-refractivity contribution in [3.05, 3.63) is 76.5 Å². The molecule has 4 rings (SSSR count). The summed E-state index contributed by atoms with van der Waals surface area (Å²) in [5.41, 5.74) is -2.35. The zero-order valence-electron chi connectivity index (χ0n) is 32.6. The molecule has 18 heteroatoms. The van der Waals surface area contributed by atoms with Gasteiger partial charge in [0.25, 0.3) is 11.8 Å². The van der Waals surface area contributed by atoms with Crippen LogP contribution in [0, 0.1) is 0 Å². The highest BCUT2D eigenvalue weighted by Gasteiger charge is 2.54. The molecule has 0 spiro atoms. The Balaban J connectivity index is 1.58. The number of alkyl halides is 1. The first-order valence-electron chi connectivity index (χ1n) is 17.4. The second kappa shape index (κ2) is 18.5. The third-order valence-corrected chi connectivity index (χ3v) is 9.70. The Morgan fingerprint density at radius 1 is 1.04 bits per heavy atom. The predicted molar refractivity (Wildman–Crippen MR) is 215 cm³/mol. The maximum Gasteiger partial charge on any atom is 0.412 e. The molecule has 56 heavy (non-hydrogen) atoms. The Labute approximate surface area is 339 Å². The number of amides is 3. The highest BCUT2D eigenvalue weighted by molar-refractivity contribution is 8.02. The van der Waals surface area contributed by atoms with Crippen LogP contribution in [-0.2, 0) is 44.8 Å². The van der Waals surface area contributed by atoms with Crippen LogP contribution in [0.2, 0.25) is 0 Å². The molecule has 0 aliphatic carbocycles. The van der Waals surface area contributed by atoms with E-state index in [1.54, 1.807) is 85.1 Å². The molecule has 0 bridgehead atoms. The summed E-state index contributed by atoms with van der Waals surface area (Å²) in [6, 6.07) is 5.90. The van der Waals surface area contributed by atoms with Gasteiger partial charge in [0, 0.05) is 23.6 Å². The number of methoxy groups -OCH3 is 1. The van der Waals surface area contributed by atoms with Crippen molar-refractivity contribution in [2.24, 2.45) is 9.55 Å². The third kappa shape index (κ3) is 11.9. The summed E-state index contributed by atoms with van der Waals surface area (Å²) in [5, 5.41) is 8.97. The van der Waals surface area contributed by atoms with Crippen LogP contribution in [0.15, 0.2) is 80.5 Å². The molecular weight excluding hydrogens is 786 g/mol. The number of alkyl carbamates (subject to hydrolysis) is 1. The van der Waals surface area contributed by atoms with Gasteiger partial charge in [-0.15, -0.1) is 23.4 Å². The highest BCUT2D eigenvalue weighted by atomic mass is 35.5. The van der Waals surface area contributed by atoms with Crippen molar-refractivity contribution in [1.29, 1.82) is 0 Å². The molecule has 3 aliphatic heterocycles. The van der Waals surface area contributed by atoms with Gasteiger partial charge in [-0.1, -0.05) is 35.5 Å². The fourth-order valence-corrected chi connectivity index (χ4v) is 6.89. The average Bonchev–Trinajstić information content (AvgIpc) is 3.35. The lowest BCUT2D eigenvalue weighted by atomic mass is 10.0. The summed E-state index contributed by atoms with van der Waals surface area (Å²) < 4.78 is 26.0. The Hall–Kier alpha value is -4.74. The van der Waals surface area contributed by atoms with E-state index < -0.39 is 58.1 Å². The van der Waals surface area contributed by atoms with Gasteiger partial charge in [0.2, 0.25) is 5.60 Å². The standard InChI is InChI=1S/C38H46ClN5O10S2/c1-36(2,3)52-34(48)38(7,8)54-42-27(25-13-10-14-26(56-43-25)40-35(49)53-37(4,5)6)30(45)41-28-31(46)44-29(23(12-11-19-39)21-55-32(28)44)33(47)51-20-22-15-17-24(50-9)18-16-22/h10-18,28,32H,19-21H2,1-9H3,(H,40,49)(H,41,45)/b12-11-,42-27-/t28-,32?/m1/s1. The first-order valence-corrected chi connectivity index (χ1v) is 19.7. The van der Waals surface area contributed by atoms with E-state index in [0.717, 1.165) is 11.9 Å². The minimum atomic E-state index is -1.65. The summed E-state index contributed by atoms with van der Waals surface area (Å²) in [7, 11) is 1.55. The molecule has 2 atom stereocenters. The van der Waals surface area contributed by atoms with Gasteiger partial charge in [0.15, 0.2) is 5.71 Å². The maximum atomic E-state index is 14.0. The summed E-state index contributed by atoms with van der Waals surface area (Å²) in [5.74, 6) is -1.78. The Morgan fingerprint density at radius 3 is 2.34 bits per heavy atom. The minimum absolute atomic E-state index is 0.0131. The van der Waals surface area contributed by atoms with E-state index in [1.165, 1.54) is 48.7 Å². The maximum absolute atomic E-state index is 14.0. The van der Waals surface area contributed by atoms with Gasteiger partial charge >= 0.3 is 18.0 Å². The Kier molecular flexibility index (Phi) is 14.5. The fourth-order valence-electron chi connectivity index (χ4n) is 4.87. The molecule has 1 aromatic carbocycles. The third-order valence-electron chi connectivity index (χ3n) is 7.50. The average molecular weight is 832 g/mol. The number of hydrogen-bond acceptors (Lipinski definition) is 14.